The molecule has 19 heavy (non-hydrogen) atoms. The Bertz CT molecular complexity index is 690. The summed E-state index contributed by atoms with van der Waals surface area (Å²) >= 11 is 0. The lowest BCUT2D eigenvalue weighted by molar-refractivity contribution is 0.515. The van der Waals surface area contributed by atoms with Gasteiger partial charge in [0.15, 0.2) is 0 Å². The third-order valence-corrected chi connectivity index (χ3v) is 4.05. The topological polar surface area (TPSA) is 85.3 Å². The minimum absolute atomic E-state index is 0.133. The average molecular weight is 280 g/mol. The highest BCUT2D eigenvalue weighted by atomic mass is 32.2. The minimum atomic E-state index is -3.70. The van der Waals surface area contributed by atoms with Gasteiger partial charge in [-0.15, -0.1) is 0 Å². The number of hydrogen-bond acceptors (Lipinski definition) is 4. The highest BCUT2D eigenvalue weighted by Crippen LogP contribution is 2.23. The first kappa shape index (κ1) is 13.6. The van der Waals surface area contributed by atoms with E-state index in [4.69, 9.17) is 9.56 Å². The molecule has 0 aliphatic carbocycles. The van der Waals surface area contributed by atoms with Crippen LogP contribution in [-0.2, 0) is 16.6 Å². The minimum Gasteiger partial charge on any atom is -0.467 e. The van der Waals surface area contributed by atoms with E-state index in [1.165, 1.54) is 6.07 Å². The van der Waals surface area contributed by atoms with Crippen LogP contribution >= 0.6 is 0 Å². The molecule has 0 amide bonds. The van der Waals surface area contributed by atoms with Gasteiger partial charge in [-0.2, -0.15) is 0 Å². The molecule has 0 aliphatic rings. The first-order chi connectivity index (χ1) is 8.89. The summed E-state index contributed by atoms with van der Waals surface area (Å²) in [7, 11) is -3.70. The number of hydrogen-bond donors (Lipinski definition) is 2. The fraction of sp³-hybridized carbons (Fsp3) is 0.231. The molecule has 0 aliphatic heterocycles. The van der Waals surface area contributed by atoms with Crippen molar-refractivity contribution in [3.05, 3.63) is 47.4 Å². The summed E-state index contributed by atoms with van der Waals surface area (Å²) in [6, 6.07) is 6.84. The van der Waals surface area contributed by atoms with E-state index in [1.807, 2.05) is 19.1 Å². The fourth-order valence-electron chi connectivity index (χ4n) is 1.87. The smallest absolute Gasteiger partial charge is 0.238 e. The van der Waals surface area contributed by atoms with Crippen molar-refractivity contribution in [3.8, 4) is 0 Å². The Balaban J connectivity index is 2.25. The van der Waals surface area contributed by atoms with Gasteiger partial charge in [-0.25, -0.2) is 13.6 Å². The molecule has 0 spiro atoms. The molecule has 1 aromatic carbocycles. The van der Waals surface area contributed by atoms with Crippen LogP contribution in [0.15, 0.2) is 39.8 Å². The highest BCUT2D eigenvalue weighted by molar-refractivity contribution is 7.89. The quantitative estimate of drug-likeness (QED) is 0.898. The van der Waals surface area contributed by atoms with Crippen LogP contribution in [-0.4, -0.2) is 8.42 Å². The van der Waals surface area contributed by atoms with Crippen LogP contribution in [0.2, 0.25) is 0 Å². The second-order valence-electron chi connectivity index (χ2n) is 4.35. The third kappa shape index (κ3) is 2.97. The molecule has 3 N–H and O–H groups in total. The van der Waals surface area contributed by atoms with Crippen molar-refractivity contribution in [2.45, 2.75) is 25.3 Å². The van der Waals surface area contributed by atoms with Crippen molar-refractivity contribution < 1.29 is 12.8 Å². The molecule has 0 saturated carbocycles. The molecule has 2 aromatic rings. The molecular formula is C13H16N2O3S. The average Bonchev–Trinajstić information content (AvgIpc) is 2.72. The molecule has 2 rings (SSSR count). The van der Waals surface area contributed by atoms with E-state index < -0.39 is 10.0 Å². The van der Waals surface area contributed by atoms with Crippen molar-refractivity contribution in [1.82, 2.24) is 0 Å². The van der Waals surface area contributed by atoms with Crippen molar-refractivity contribution in [2.24, 2.45) is 5.14 Å². The summed E-state index contributed by atoms with van der Waals surface area (Å²) in [6.07, 6.45) is 1.62. The van der Waals surface area contributed by atoms with E-state index >= 15 is 0 Å². The molecule has 6 heteroatoms. The Morgan fingerprint density at radius 3 is 2.58 bits per heavy atom. The molecular weight excluding hydrogens is 264 g/mol. The maximum Gasteiger partial charge on any atom is 0.238 e. The molecule has 0 atom stereocenters. The number of sulfonamides is 1. The van der Waals surface area contributed by atoms with Crippen molar-refractivity contribution in [3.63, 3.8) is 0 Å². The SMILES string of the molecule is Cc1ccoc1CNc1cccc(S(N)(=O)=O)c1C. The van der Waals surface area contributed by atoms with Crippen LogP contribution in [0.5, 0.6) is 0 Å². The lowest BCUT2D eigenvalue weighted by Gasteiger charge is -2.11. The molecule has 5 nitrogen and oxygen atoms in total. The normalized spacial score (nSPS) is 11.5. The van der Waals surface area contributed by atoms with Crippen molar-refractivity contribution >= 4 is 15.7 Å². The Morgan fingerprint density at radius 1 is 1.26 bits per heavy atom. The Kier molecular flexibility index (Phi) is 3.64. The lowest BCUT2D eigenvalue weighted by atomic mass is 10.2. The largest absolute Gasteiger partial charge is 0.467 e. The standard InChI is InChI=1S/C13H16N2O3S/c1-9-6-7-18-12(9)8-15-11-4-3-5-13(10(11)2)19(14,16)17/h3-7,15H,8H2,1-2H3,(H2,14,16,17). The summed E-state index contributed by atoms with van der Waals surface area (Å²) in [4.78, 5) is 0.133. The second kappa shape index (κ2) is 5.07. The second-order valence-corrected chi connectivity index (χ2v) is 5.88. The maximum absolute atomic E-state index is 11.4. The summed E-state index contributed by atoms with van der Waals surface area (Å²) in [5.74, 6) is 0.820. The monoisotopic (exact) mass is 280 g/mol. The van der Waals surface area contributed by atoms with Gasteiger partial charge in [0.25, 0.3) is 0 Å². The zero-order valence-corrected chi connectivity index (χ0v) is 11.6. The van der Waals surface area contributed by atoms with Crippen LogP contribution in [0.4, 0.5) is 5.69 Å². The van der Waals surface area contributed by atoms with Gasteiger partial charge >= 0.3 is 0 Å². The van der Waals surface area contributed by atoms with Gasteiger partial charge < -0.3 is 9.73 Å². The van der Waals surface area contributed by atoms with Crippen LogP contribution in [0.1, 0.15) is 16.9 Å². The summed E-state index contributed by atoms with van der Waals surface area (Å²) in [5, 5.41) is 8.32. The molecule has 0 bridgehead atoms. The first-order valence-electron chi connectivity index (χ1n) is 5.79. The predicted octanol–water partition coefficient (Wildman–Crippen LogP) is 2.16. The summed E-state index contributed by atoms with van der Waals surface area (Å²) in [6.45, 7) is 4.17. The van der Waals surface area contributed by atoms with Crippen molar-refractivity contribution in [2.75, 3.05) is 5.32 Å². The molecule has 102 valence electrons. The van der Waals surface area contributed by atoms with Gasteiger partial charge in [-0.05, 0) is 43.2 Å². The van der Waals surface area contributed by atoms with Gasteiger partial charge in [-0.1, -0.05) is 6.07 Å². The lowest BCUT2D eigenvalue weighted by Crippen LogP contribution is -2.14. The number of primary sulfonamides is 1. The van der Waals surface area contributed by atoms with E-state index in [9.17, 15) is 8.42 Å². The Morgan fingerprint density at radius 2 is 2.00 bits per heavy atom. The van der Waals surface area contributed by atoms with Gasteiger partial charge in [-0.3, -0.25) is 0 Å². The molecule has 0 fully saturated rings. The first-order valence-corrected chi connectivity index (χ1v) is 7.33. The number of rotatable bonds is 4. The zero-order valence-electron chi connectivity index (χ0n) is 10.8. The third-order valence-electron chi connectivity index (χ3n) is 3.00. The van der Waals surface area contributed by atoms with E-state index in [1.54, 1.807) is 19.3 Å². The number of anilines is 1. The van der Waals surface area contributed by atoms with E-state index in [0.717, 1.165) is 17.0 Å². The van der Waals surface area contributed by atoms with Crippen LogP contribution < -0.4 is 10.5 Å². The van der Waals surface area contributed by atoms with Crippen molar-refractivity contribution in [1.29, 1.82) is 0 Å². The number of aryl methyl sites for hydroxylation is 1. The van der Waals surface area contributed by atoms with E-state index in [-0.39, 0.29) is 4.90 Å². The van der Waals surface area contributed by atoms with Crippen LogP contribution in [0.25, 0.3) is 0 Å². The van der Waals surface area contributed by atoms with Gasteiger partial charge in [0.1, 0.15) is 5.76 Å². The molecule has 0 unspecified atom stereocenters. The van der Waals surface area contributed by atoms with Gasteiger partial charge in [0.2, 0.25) is 10.0 Å². The zero-order chi connectivity index (χ0) is 14.0. The summed E-state index contributed by atoms with van der Waals surface area (Å²) in [5.41, 5.74) is 2.38. The Labute approximate surface area is 112 Å². The van der Waals surface area contributed by atoms with Crippen LogP contribution in [0, 0.1) is 13.8 Å². The summed E-state index contributed by atoms with van der Waals surface area (Å²) < 4.78 is 28.2. The number of benzene rings is 1. The van der Waals surface area contributed by atoms with Gasteiger partial charge in [0.05, 0.1) is 17.7 Å². The number of nitrogens with two attached hydrogens (primary N) is 1. The predicted molar refractivity (Wildman–Crippen MR) is 73.3 cm³/mol. The Hall–Kier alpha value is -1.79. The molecule has 1 heterocycles. The molecule has 0 saturated heterocycles. The molecule has 0 radical (unpaired) electrons. The van der Waals surface area contributed by atoms with Crippen LogP contribution in [0.3, 0.4) is 0 Å². The number of nitrogens with one attached hydrogen (secondary N) is 1. The molecule has 1 aromatic heterocycles. The highest BCUT2D eigenvalue weighted by Gasteiger charge is 2.13. The van der Waals surface area contributed by atoms with E-state index in [0.29, 0.717) is 12.1 Å². The maximum atomic E-state index is 11.4. The van der Waals surface area contributed by atoms with E-state index in [2.05, 4.69) is 5.32 Å². The fourth-order valence-corrected chi connectivity index (χ4v) is 2.68. The van der Waals surface area contributed by atoms with Gasteiger partial charge in [0, 0.05) is 5.69 Å². The number of furan rings is 1.